The summed E-state index contributed by atoms with van der Waals surface area (Å²) < 4.78 is 0. The van der Waals surface area contributed by atoms with Crippen LogP contribution in [0.2, 0.25) is 0 Å². The lowest BCUT2D eigenvalue weighted by atomic mass is 10.2. The average molecular weight is 291 g/mol. The van der Waals surface area contributed by atoms with Crippen molar-refractivity contribution in [1.82, 2.24) is 20.2 Å². The zero-order valence-corrected chi connectivity index (χ0v) is 12.9. The Balaban J connectivity index is 1.90. The number of pyridine rings is 1. The summed E-state index contributed by atoms with van der Waals surface area (Å²) >= 11 is 0. The number of amides is 1. The fraction of sp³-hybridized carbons (Fsp3) is 0.600. The highest BCUT2D eigenvalue weighted by atomic mass is 16.2. The maximum Gasteiger partial charge on any atom is 0.266 e. The second-order valence-corrected chi connectivity index (χ2v) is 5.41. The first-order valence-corrected chi connectivity index (χ1v) is 7.60. The van der Waals surface area contributed by atoms with E-state index in [1.54, 1.807) is 12.3 Å². The minimum absolute atomic E-state index is 0.309. The van der Waals surface area contributed by atoms with E-state index in [1.807, 2.05) is 6.07 Å². The monoisotopic (exact) mass is 291 g/mol. The van der Waals surface area contributed by atoms with Gasteiger partial charge in [0.05, 0.1) is 11.3 Å². The summed E-state index contributed by atoms with van der Waals surface area (Å²) in [6, 6.07) is 4.32. The molecular weight excluding hydrogens is 266 g/mol. The fourth-order valence-corrected chi connectivity index (χ4v) is 2.96. The number of nitrogen functional groups attached to an aromatic ring is 1. The first-order chi connectivity index (χ1) is 10.2. The fourth-order valence-electron chi connectivity index (χ4n) is 2.96. The highest BCUT2D eigenvalue weighted by Crippen LogP contribution is 2.17. The van der Waals surface area contributed by atoms with Gasteiger partial charge < -0.3 is 0 Å². The maximum absolute atomic E-state index is 11.4. The van der Waals surface area contributed by atoms with Crippen LogP contribution < -0.4 is 11.3 Å². The number of nitrogens with zero attached hydrogens (tertiary/aromatic N) is 3. The summed E-state index contributed by atoms with van der Waals surface area (Å²) in [5.74, 6) is 4.80. The number of likely N-dealkylation sites (N-methyl/N-ethyl adjacent to an activating group) is 1. The molecule has 0 saturated carbocycles. The van der Waals surface area contributed by atoms with Gasteiger partial charge in [0.15, 0.2) is 0 Å². The van der Waals surface area contributed by atoms with Crippen LogP contribution in [0.5, 0.6) is 0 Å². The van der Waals surface area contributed by atoms with Gasteiger partial charge in [-0.2, -0.15) is 0 Å². The first kappa shape index (κ1) is 15.9. The topological polar surface area (TPSA) is 74.5 Å². The molecule has 6 nitrogen and oxygen atoms in total. The number of likely N-dealkylation sites (tertiary alicyclic amines) is 1. The van der Waals surface area contributed by atoms with Crippen molar-refractivity contribution in [2.24, 2.45) is 5.84 Å². The number of carbonyl (C=O) groups is 1. The molecule has 0 aliphatic carbocycles. The van der Waals surface area contributed by atoms with Gasteiger partial charge in [-0.3, -0.25) is 25.0 Å². The van der Waals surface area contributed by atoms with Crippen LogP contribution in [-0.4, -0.2) is 52.9 Å². The number of hydrogen-bond acceptors (Lipinski definition) is 5. The third-order valence-corrected chi connectivity index (χ3v) is 4.18. The lowest BCUT2D eigenvalue weighted by Gasteiger charge is -2.26. The summed E-state index contributed by atoms with van der Waals surface area (Å²) in [5.41, 5.74) is 3.59. The predicted molar refractivity (Wildman–Crippen MR) is 82.5 cm³/mol. The Labute approximate surface area is 126 Å². The van der Waals surface area contributed by atoms with Crippen LogP contribution >= 0.6 is 0 Å². The van der Waals surface area contributed by atoms with Gasteiger partial charge in [0.1, 0.15) is 0 Å². The van der Waals surface area contributed by atoms with Crippen molar-refractivity contribution in [2.45, 2.75) is 32.9 Å². The quantitative estimate of drug-likeness (QED) is 0.456. The lowest BCUT2D eigenvalue weighted by molar-refractivity contribution is 0.0953. The van der Waals surface area contributed by atoms with Gasteiger partial charge in [0.25, 0.3) is 5.91 Å². The van der Waals surface area contributed by atoms with Crippen LogP contribution in [0.4, 0.5) is 0 Å². The van der Waals surface area contributed by atoms with Crippen molar-refractivity contribution in [3.63, 3.8) is 0 Å². The molecule has 3 N–H and O–H groups in total. The van der Waals surface area contributed by atoms with Crippen LogP contribution in [0.3, 0.4) is 0 Å². The number of rotatable bonds is 6. The van der Waals surface area contributed by atoms with Gasteiger partial charge >= 0.3 is 0 Å². The zero-order chi connectivity index (χ0) is 15.2. The number of hydrogen-bond donors (Lipinski definition) is 2. The van der Waals surface area contributed by atoms with Crippen LogP contribution in [0.25, 0.3) is 0 Å². The smallest absolute Gasteiger partial charge is 0.266 e. The van der Waals surface area contributed by atoms with Crippen LogP contribution in [0.1, 0.15) is 36.3 Å². The Morgan fingerprint density at radius 1 is 1.48 bits per heavy atom. The molecule has 0 spiro atoms. The Bertz CT molecular complexity index is 458. The van der Waals surface area contributed by atoms with E-state index in [4.69, 9.17) is 5.84 Å². The molecular formula is C15H25N5O. The molecule has 0 radical (unpaired) electrons. The van der Waals surface area contributed by atoms with Crippen molar-refractivity contribution in [1.29, 1.82) is 0 Å². The SMILES string of the molecule is CCN(CC)C1CCN(Cc2ccc(C(=O)NN)cn2)C1. The van der Waals surface area contributed by atoms with E-state index in [0.29, 0.717) is 11.6 Å². The summed E-state index contributed by atoms with van der Waals surface area (Å²) in [7, 11) is 0. The molecule has 6 heteroatoms. The molecule has 1 aromatic heterocycles. The molecule has 0 aromatic carbocycles. The van der Waals surface area contributed by atoms with E-state index >= 15 is 0 Å². The van der Waals surface area contributed by atoms with E-state index in [0.717, 1.165) is 38.4 Å². The Hall–Kier alpha value is -1.50. The second kappa shape index (κ2) is 7.49. The normalized spacial score (nSPS) is 19.1. The summed E-state index contributed by atoms with van der Waals surface area (Å²) in [5, 5.41) is 0. The predicted octanol–water partition coefficient (Wildman–Crippen LogP) is 0.601. The van der Waals surface area contributed by atoms with Crippen molar-refractivity contribution >= 4 is 5.91 Å². The average Bonchev–Trinajstić information content (AvgIpc) is 2.97. The van der Waals surface area contributed by atoms with Crippen LogP contribution in [0, 0.1) is 0 Å². The van der Waals surface area contributed by atoms with Gasteiger partial charge in [0.2, 0.25) is 0 Å². The van der Waals surface area contributed by atoms with Crippen molar-refractivity contribution in [2.75, 3.05) is 26.2 Å². The maximum atomic E-state index is 11.4. The number of aromatic nitrogens is 1. The van der Waals surface area contributed by atoms with Crippen molar-refractivity contribution in [3.8, 4) is 0 Å². The number of nitrogens with two attached hydrogens (primary N) is 1. The van der Waals surface area contributed by atoms with E-state index in [1.165, 1.54) is 6.42 Å². The van der Waals surface area contributed by atoms with Crippen LogP contribution in [0.15, 0.2) is 18.3 Å². The Morgan fingerprint density at radius 3 is 2.81 bits per heavy atom. The summed E-state index contributed by atoms with van der Waals surface area (Å²) in [6.45, 7) is 9.68. The van der Waals surface area contributed by atoms with E-state index in [9.17, 15) is 4.79 Å². The number of carbonyl (C=O) groups excluding carboxylic acids is 1. The molecule has 1 aliphatic rings. The first-order valence-electron chi connectivity index (χ1n) is 7.60. The highest BCUT2D eigenvalue weighted by molar-refractivity contribution is 5.93. The van der Waals surface area contributed by atoms with Gasteiger partial charge in [-0.05, 0) is 31.6 Å². The molecule has 21 heavy (non-hydrogen) atoms. The molecule has 1 amide bonds. The van der Waals surface area contributed by atoms with Crippen molar-refractivity contribution < 1.29 is 4.79 Å². The van der Waals surface area contributed by atoms with E-state index in [-0.39, 0.29) is 5.91 Å². The Kier molecular flexibility index (Phi) is 5.67. The van der Waals surface area contributed by atoms with E-state index in [2.05, 4.69) is 34.1 Å². The molecule has 1 fully saturated rings. The van der Waals surface area contributed by atoms with Crippen LogP contribution in [-0.2, 0) is 6.54 Å². The molecule has 116 valence electrons. The lowest BCUT2D eigenvalue weighted by Crippen LogP contribution is -2.37. The molecule has 1 unspecified atom stereocenters. The molecule has 1 aliphatic heterocycles. The minimum atomic E-state index is -0.309. The van der Waals surface area contributed by atoms with Crippen molar-refractivity contribution in [3.05, 3.63) is 29.6 Å². The Morgan fingerprint density at radius 2 is 2.24 bits per heavy atom. The molecule has 1 atom stereocenters. The third kappa shape index (κ3) is 4.00. The molecule has 1 saturated heterocycles. The highest BCUT2D eigenvalue weighted by Gasteiger charge is 2.26. The third-order valence-electron chi connectivity index (χ3n) is 4.18. The molecule has 1 aromatic rings. The number of hydrazine groups is 1. The molecule has 2 heterocycles. The van der Waals surface area contributed by atoms with Gasteiger partial charge in [-0.1, -0.05) is 13.8 Å². The standard InChI is InChI=1S/C15H25N5O/c1-3-20(4-2)14-7-8-19(11-14)10-13-6-5-12(9-17-13)15(21)18-16/h5-6,9,14H,3-4,7-8,10-11,16H2,1-2H3,(H,18,21). The second-order valence-electron chi connectivity index (χ2n) is 5.41. The van der Waals surface area contributed by atoms with E-state index < -0.39 is 0 Å². The summed E-state index contributed by atoms with van der Waals surface area (Å²) in [4.78, 5) is 20.7. The molecule has 2 rings (SSSR count). The van der Waals surface area contributed by atoms with Gasteiger partial charge in [-0.15, -0.1) is 0 Å². The largest absolute Gasteiger partial charge is 0.300 e. The zero-order valence-electron chi connectivity index (χ0n) is 12.9. The van der Waals surface area contributed by atoms with Gasteiger partial charge in [-0.25, -0.2) is 5.84 Å². The number of nitrogens with one attached hydrogen (secondary N) is 1. The summed E-state index contributed by atoms with van der Waals surface area (Å²) in [6.07, 6.45) is 2.80. The molecule has 0 bridgehead atoms. The van der Waals surface area contributed by atoms with Gasteiger partial charge in [0, 0.05) is 31.9 Å². The minimum Gasteiger partial charge on any atom is -0.300 e.